The lowest BCUT2D eigenvalue weighted by atomic mass is 10.1. The molecule has 0 aromatic heterocycles. The molecule has 2 aromatic carbocycles. The molecule has 23 heavy (non-hydrogen) atoms. The summed E-state index contributed by atoms with van der Waals surface area (Å²) >= 11 is 1.66. The Morgan fingerprint density at radius 3 is 2.43 bits per heavy atom. The van der Waals surface area contributed by atoms with Crippen LogP contribution in [0.3, 0.4) is 0 Å². The number of benzene rings is 2. The third kappa shape index (κ3) is 4.56. The van der Waals surface area contributed by atoms with Gasteiger partial charge in [0.25, 0.3) is 5.69 Å². The van der Waals surface area contributed by atoms with Crippen molar-refractivity contribution in [3.8, 4) is 0 Å². The number of hydrogen-bond donors (Lipinski definition) is 0. The monoisotopic (exact) mass is 330 g/mol. The van der Waals surface area contributed by atoms with E-state index in [1.54, 1.807) is 41.9 Å². The number of amides is 1. The lowest BCUT2D eigenvalue weighted by Crippen LogP contribution is -2.27. The zero-order valence-corrected chi connectivity index (χ0v) is 13.9. The Labute approximate surface area is 139 Å². The summed E-state index contributed by atoms with van der Waals surface area (Å²) in [7, 11) is 1.71. The Balaban J connectivity index is 2.04. The second kappa shape index (κ2) is 7.78. The summed E-state index contributed by atoms with van der Waals surface area (Å²) in [6.07, 6.45) is 2.04. The fourth-order valence-corrected chi connectivity index (χ4v) is 2.64. The highest BCUT2D eigenvalue weighted by Crippen LogP contribution is 2.19. The van der Waals surface area contributed by atoms with Crippen molar-refractivity contribution in [3.05, 3.63) is 69.8 Å². The molecule has 0 heterocycles. The summed E-state index contributed by atoms with van der Waals surface area (Å²) < 4.78 is 0. The number of carbonyl (C=O) groups is 1. The third-order valence-electron chi connectivity index (χ3n) is 3.53. The van der Waals surface area contributed by atoms with Gasteiger partial charge in [0.2, 0.25) is 5.91 Å². The first kappa shape index (κ1) is 17.0. The van der Waals surface area contributed by atoms with Crippen LogP contribution in [0.4, 0.5) is 5.69 Å². The molecule has 5 nitrogen and oxygen atoms in total. The van der Waals surface area contributed by atoms with E-state index in [-0.39, 0.29) is 18.0 Å². The molecule has 0 aliphatic rings. The number of nitro benzene ring substituents is 1. The van der Waals surface area contributed by atoms with Gasteiger partial charge in [0, 0.05) is 30.1 Å². The third-order valence-corrected chi connectivity index (χ3v) is 4.28. The highest BCUT2D eigenvalue weighted by molar-refractivity contribution is 7.98. The zero-order valence-electron chi connectivity index (χ0n) is 13.1. The van der Waals surface area contributed by atoms with Gasteiger partial charge in [-0.25, -0.2) is 0 Å². The number of nitro groups is 1. The SMILES string of the molecule is CSc1ccc(CN(C)C(=O)Cc2ccccc2[N+](=O)[O-])cc1. The van der Waals surface area contributed by atoms with E-state index < -0.39 is 4.92 Å². The van der Waals surface area contributed by atoms with Crippen molar-refractivity contribution in [1.29, 1.82) is 0 Å². The lowest BCUT2D eigenvalue weighted by Gasteiger charge is -2.17. The molecule has 0 bridgehead atoms. The molecule has 6 heteroatoms. The van der Waals surface area contributed by atoms with Crippen LogP contribution < -0.4 is 0 Å². The maximum Gasteiger partial charge on any atom is 0.273 e. The number of nitrogens with zero attached hydrogens (tertiary/aromatic N) is 2. The van der Waals surface area contributed by atoms with Crippen LogP contribution in [-0.2, 0) is 17.8 Å². The molecule has 0 unspecified atom stereocenters. The first-order valence-electron chi connectivity index (χ1n) is 7.10. The largest absolute Gasteiger partial charge is 0.341 e. The average molecular weight is 330 g/mol. The van der Waals surface area contributed by atoms with E-state index in [4.69, 9.17) is 0 Å². The Morgan fingerprint density at radius 1 is 1.17 bits per heavy atom. The number of carbonyl (C=O) groups excluding carboxylic acids is 1. The van der Waals surface area contributed by atoms with Gasteiger partial charge < -0.3 is 4.90 Å². The van der Waals surface area contributed by atoms with Crippen molar-refractivity contribution < 1.29 is 9.72 Å². The minimum atomic E-state index is -0.455. The normalized spacial score (nSPS) is 10.3. The first-order chi connectivity index (χ1) is 11.0. The molecule has 1 amide bonds. The van der Waals surface area contributed by atoms with Crippen LogP contribution in [-0.4, -0.2) is 29.0 Å². The molecule has 0 atom stereocenters. The highest BCUT2D eigenvalue weighted by Gasteiger charge is 2.17. The van der Waals surface area contributed by atoms with Gasteiger partial charge >= 0.3 is 0 Å². The van der Waals surface area contributed by atoms with E-state index in [9.17, 15) is 14.9 Å². The first-order valence-corrected chi connectivity index (χ1v) is 8.33. The molecule has 2 aromatic rings. The van der Waals surface area contributed by atoms with Crippen LogP contribution in [0.25, 0.3) is 0 Å². The molecule has 0 aliphatic heterocycles. The Morgan fingerprint density at radius 2 is 1.83 bits per heavy atom. The van der Waals surface area contributed by atoms with Crippen molar-refractivity contribution in [2.24, 2.45) is 0 Å². The number of likely N-dealkylation sites (N-methyl/N-ethyl adjacent to an activating group) is 1. The minimum absolute atomic E-state index is 0.0152. The van der Waals surface area contributed by atoms with Gasteiger partial charge in [-0.1, -0.05) is 30.3 Å². The lowest BCUT2D eigenvalue weighted by molar-refractivity contribution is -0.385. The fraction of sp³-hybridized carbons (Fsp3) is 0.235. The van der Waals surface area contributed by atoms with Crippen molar-refractivity contribution in [2.45, 2.75) is 17.9 Å². The van der Waals surface area contributed by atoms with E-state index in [2.05, 4.69) is 0 Å². The zero-order chi connectivity index (χ0) is 16.8. The molecule has 2 rings (SSSR count). The number of rotatable bonds is 6. The molecule has 0 spiro atoms. The van der Waals surface area contributed by atoms with E-state index in [0.717, 1.165) is 5.56 Å². The van der Waals surface area contributed by atoms with E-state index in [0.29, 0.717) is 12.1 Å². The highest BCUT2D eigenvalue weighted by atomic mass is 32.2. The van der Waals surface area contributed by atoms with Crippen LogP contribution in [0.15, 0.2) is 53.4 Å². The predicted molar refractivity (Wildman–Crippen MR) is 91.5 cm³/mol. The maximum atomic E-state index is 12.3. The second-order valence-corrected chi connectivity index (χ2v) is 6.04. The van der Waals surface area contributed by atoms with Gasteiger partial charge in [0.1, 0.15) is 0 Å². The van der Waals surface area contributed by atoms with Gasteiger partial charge in [0.05, 0.1) is 11.3 Å². The maximum absolute atomic E-state index is 12.3. The van der Waals surface area contributed by atoms with E-state index in [1.165, 1.54) is 11.0 Å². The molecule has 0 radical (unpaired) electrons. The van der Waals surface area contributed by atoms with Gasteiger partial charge in [-0.2, -0.15) is 0 Å². The quantitative estimate of drug-likeness (QED) is 0.462. The molecule has 0 saturated carbocycles. The van der Waals surface area contributed by atoms with Crippen molar-refractivity contribution in [1.82, 2.24) is 4.90 Å². The summed E-state index contributed by atoms with van der Waals surface area (Å²) in [5, 5.41) is 11.0. The summed E-state index contributed by atoms with van der Waals surface area (Å²) in [5.41, 5.74) is 1.45. The van der Waals surface area contributed by atoms with Crippen LogP contribution in [0.5, 0.6) is 0 Å². The van der Waals surface area contributed by atoms with Crippen LogP contribution >= 0.6 is 11.8 Å². The topological polar surface area (TPSA) is 63.5 Å². The Bertz CT molecular complexity index is 701. The standard InChI is InChI=1S/C17H18N2O3S/c1-18(12-13-7-9-15(23-2)10-8-13)17(20)11-14-5-3-4-6-16(14)19(21)22/h3-10H,11-12H2,1-2H3. The molecular weight excluding hydrogens is 312 g/mol. The van der Waals surface area contributed by atoms with Gasteiger partial charge in [-0.15, -0.1) is 11.8 Å². The fourth-order valence-electron chi connectivity index (χ4n) is 2.23. The van der Waals surface area contributed by atoms with Crippen LogP contribution in [0.1, 0.15) is 11.1 Å². The van der Waals surface area contributed by atoms with E-state index >= 15 is 0 Å². The molecule has 0 N–H and O–H groups in total. The average Bonchev–Trinajstić information content (AvgIpc) is 2.55. The van der Waals surface area contributed by atoms with Gasteiger partial charge in [-0.05, 0) is 24.0 Å². The van der Waals surface area contributed by atoms with Crippen molar-refractivity contribution in [3.63, 3.8) is 0 Å². The summed E-state index contributed by atoms with van der Waals surface area (Å²) in [5.74, 6) is -0.145. The molecule has 0 saturated heterocycles. The Hall–Kier alpha value is -2.34. The van der Waals surface area contributed by atoms with E-state index in [1.807, 2.05) is 30.5 Å². The summed E-state index contributed by atoms with van der Waals surface area (Å²) in [6, 6.07) is 14.3. The predicted octanol–water partition coefficient (Wildman–Crippen LogP) is 3.52. The number of thioether (sulfide) groups is 1. The molecule has 120 valence electrons. The number of hydrogen-bond acceptors (Lipinski definition) is 4. The second-order valence-electron chi connectivity index (χ2n) is 5.16. The number of para-hydroxylation sites is 1. The smallest absolute Gasteiger partial charge is 0.273 e. The molecule has 0 fully saturated rings. The van der Waals surface area contributed by atoms with Gasteiger partial charge in [0.15, 0.2) is 0 Å². The Kier molecular flexibility index (Phi) is 5.76. The van der Waals surface area contributed by atoms with Crippen molar-refractivity contribution in [2.75, 3.05) is 13.3 Å². The molecular formula is C17H18N2O3S. The molecule has 0 aliphatic carbocycles. The summed E-state index contributed by atoms with van der Waals surface area (Å²) in [6.45, 7) is 0.480. The van der Waals surface area contributed by atoms with Gasteiger partial charge in [-0.3, -0.25) is 14.9 Å². The minimum Gasteiger partial charge on any atom is -0.341 e. The van der Waals surface area contributed by atoms with Crippen molar-refractivity contribution >= 4 is 23.4 Å². The summed E-state index contributed by atoms with van der Waals surface area (Å²) in [4.78, 5) is 25.6. The van der Waals surface area contributed by atoms with Crippen LogP contribution in [0, 0.1) is 10.1 Å². The van der Waals surface area contributed by atoms with Crippen LogP contribution in [0.2, 0.25) is 0 Å².